The van der Waals surface area contributed by atoms with Crippen molar-refractivity contribution in [1.82, 2.24) is 24.8 Å². The van der Waals surface area contributed by atoms with Gasteiger partial charge in [-0.1, -0.05) is 12.1 Å². The molecule has 0 spiro atoms. The number of anilines is 1. The lowest BCUT2D eigenvalue weighted by molar-refractivity contribution is -0.121. The fourth-order valence-electron chi connectivity index (χ4n) is 3.24. The summed E-state index contributed by atoms with van der Waals surface area (Å²) in [6.45, 7) is 6.32. The van der Waals surface area contributed by atoms with Gasteiger partial charge in [-0.15, -0.1) is 11.3 Å². The number of aryl methyl sites for hydroxylation is 3. The van der Waals surface area contributed by atoms with E-state index in [-0.39, 0.29) is 5.91 Å². The molecule has 0 aliphatic carbocycles. The summed E-state index contributed by atoms with van der Waals surface area (Å²) in [5, 5.41) is 7.18. The van der Waals surface area contributed by atoms with Gasteiger partial charge in [0.1, 0.15) is 28.8 Å². The highest BCUT2D eigenvalue weighted by Gasteiger charge is 2.18. The first-order valence-corrected chi connectivity index (χ1v) is 9.92. The van der Waals surface area contributed by atoms with Crippen molar-refractivity contribution in [1.29, 1.82) is 0 Å². The molecule has 3 heterocycles. The lowest BCUT2D eigenvalue weighted by atomic mass is 10.2. The van der Waals surface area contributed by atoms with E-state index in [2.05, 4.69) is 39.4 Å². The van der Waals surface area contributed by atoms with E-state index in [4.69, 9.17) is 0 Å². The molecule has 28 heavy (non-hydrogen) atoms. The lowest BCUT2D eigenvalue weighted by Gasteiger charge is -2.15. The zero-order chi connectivity index (χ0) is 19.8. The van der Waals surface area contributed by atoms with Crippen LogP contribution in [0.15, 0.2) is 30.6 Å². The van der Waals surface area contributed by atoms with Crippen molar-refractivity contribution < 1.29 is 4.79 Å². The minimum atomic E-state index is -0.438. The molecule has 0 radical (unpaired) electrons. The first kappa shape index (κ1) is 18.4. The van der Waals surface area contributed by atoms with E-state index in [1.54, 1.807) is 11.3 Å². The van der Waals surface area contributed by atoms with Crippen molar-refractivity contribution in [2.75, 3.05) is 5.32 Å². The molecule has 1 aromatic carbocycles. The van der Waals surface area contributed by atoms with Gasteiger partial charge in [-0.25, -0.2) is 15.0 Å². The minimum absolute atomic E-state index is 0.108. The Morgan fingerprint density at radius 2 is 2.04 bits per heavy atom. The zero-order valence-corrected chi connectivity index (χ0v) is 17.1. The zero-order valence-electron chi connectivity index (χ0n) is 16.3. The number of aromatic nitrogens is 4. The first-order valence-electron chi connectivity index (χ1n) is 9.11. The molecule has 1 amide bonds. The van der Waals surface area contributed by atoms with E-state index in [0.717, 1.165) is 32.6 Å². The number of carbonyl (C=O) groups is 1. The fraction of sp³-hybridized carbons (Fsp3) is 0.300. The normalized spacial score (nSPS) is 12.4. The van der Waals surface area contributed by atoms with Crippen LogP contribution >= 0.6 is 11.3 Å². The van der Waals surface area contributed by atoms with Gasteiger partial charge < -0.3 is 15.2 Å². The van der Waals surface area contributed by atoms with Crippen LogP contribution in [0.4, 0.5) is 5.82 Å². The van der Waals surface area contributed by atoms with Gasteiger partial charge in [-0.2, -0.15) is 0 Å². The van der Waals surface area contributed by atoms with Crippen LogP contribution in [-0.2, 0) is 18.4 Å². The molecule has 0 saturated carbocycles. The molecular weight excluding hydrogens is 372 g/mol. The molecule has 2 N–H and O–H groups in total. The van der Waals surface area contributed by atoms with Gasteiger partial charge in [0.2, 0.25) is 5.91 Å². The number of fused-ring (bicyclic) bond motifs is 2. The number of hydrogen-bond donors (Lipinski definition) is 2. The molecule has 144 valence electrons. The largest absolute Gasteiger partial charge is 0.358 e. The van der Waals surface area contributed by atoms with Crippen molar-refractivity contribution in [2.45, 2.75) is 33.4 Å². The summed E-state index contributed by atoms with van der Waals surface area (Å²) in [5.41, 5.74) is 3.12. The summed E-state index contributed by atoms with van der Waals surface area (Å²) < 4.78 is 2.00. The van der Waals surface area contributed by atoms with Crippen molar-refractivity contribution >= 4 is 44.3 Å². The number of rotatable bonds is 5. The van der Waals surface area contributed by atoms with E-state index in [9.17, 15) is 4.79 Å². The van der Waals surface area contributed by atoms with Crippen molar-refractivity contribution in [3.8, 4) is 0 Å². The third kappa shape index (κ3) is 3.20. The smallest absolute Gasteiger partial charge is 0.242 e. The number of thiophene rings is 1. The van der Waals surface area contributed by atoms with E-state index >= 15 is 0 Å². The van der Waals surface area contributed by atoms with Crippen LogP contribution in [0.3, 0.4) is 0 Å². The number of nitrogens with zero attached hydrogens (tertiary/aromatic N) is 4. The average Bonchev–Trinajstić information content (AvgIpc) is 3.17. The average molecular weight is 395 g/mol. The highest BCUT2D eigenvalue weighted by atomic mass is 32.1. The Hall–Kier alpha value is -3.00. The van der Waals surface area contributed by atoms with Crippen LogP contribution in [0.25, 0.3) is 21.3 Å². The van der Waals surface area contributed by atoms with Crippen LogP contribution in [0, 0.1) is 13.8 Å². The Balaban J connectivity index is 1.47. The van der Waals surface area contributed by atoms with Gasteiger partial charge in [-0.3, -0.25) is 4.79 Å². The number of nitrogens with one attached hydrogen (secondary N) is 2. The van der Waals surface area contributed by atoms with Gasteiger partial charge in [0.15, 0.2) is 0 Å². The molecule has 7 nitrogen and oxygen atoms in total. The number of imidazole rings is 1. The molecule has 8 heteroatoms. The fourth-order valence-corrected chi connectivity index (χ4v) is 4.23. The molecule has 0 saturated heterocycles. The Morgan fingerprint density at radius 3 is 2.82 bits per heavy atom. The quantitative estimate of drug-likeness (QED) is 0.542. The molecule has 1 unspecified atom stereocenters. The minimum Gasteiger partial charge on any atom is -0.358 e. The lowest BCUT2D eigenvalue weighted by Crippen LogP contribution is -2.37. The Kier molecular flexibility index (Phi) is 4.72. The highest BCUT2D eigenvalue weighted by molar-refractivity contribution is 7.18. The van der Waals surface area contributed by atoms with Crippen molar-refractivity contribution in [2.24, 2.45) is 7.05 Å². The molecule has 0 aliphatic rings. The van der Waals surface area contributed by atoms with Gasteiger partial charge in [0.05, 0.1) is 23.0 Å². The Morgan fingerprint density at radius 1 is 1.25 bits per heavy atom. The number of para-hydroxylation sites is 2. The van der Waals surface area contributed by atoms with Gasteiger partial charge in [0.25, 0.3) is 0 Å². The maximum atomic E-state index is 12.6. The summed E-state index contributed by atoms with van der Waals surface area (Å²) in [6.07, 6.45) is 1.53. The van der Waals surface area contributed by atoms with Crippen LogP contribution in [0.2, 0.25) is 0 Å². The van der Waals surface area contributed by atoms with Gasteiger partial charge in [-0.05, 0) is 38.5 Å². The van der Waals surface area contributed by atoms with Gasteiger partial charge >= 0.3 is 0 Å². The standard InChI is InChI=1S/C20H22N6OS/c1-11-13(3)28-20-17(11)18(22-10-23-20)24-12(2)19(27)21-9-16-25-14-7-5-6-8-15(14)26(16)4/h5-8,10,12H,9H2,1-4H3,(H,21,27)(H,22,23,24). The van der Waals surface area contributed by atoms with E-state index in [1.807, 2.05) is 42.8 Å². The van der Waals surface area contributed by atoms with Crippen LogP contribution < -0.4 is 10.6 Å². The molecule has 0 aliphatic heterocycles. The summed E-state index contributed by atoms with van der Waals surface area (Å²) in [5.74, 6) is 1.40. The Bertz CT molecular complexity index is 1180. The van der Waals surface area contributed by atoms with E-state index in [1.165, 1.54) is 11.2 Å². The number of hydrogen-bond acceptors (Lipinski definition) is 6. The number of carbonyl (C=O) groups excluding carboxylic acids is 1. The summed E-state index contributed by atoms with van der Waals surface area (Å²) in [4.78, 5) is 28.0. The molecule has 0 bridgehead atoms. The van der Waals surface area contributed by atoms with E-state index < -0.39 is 6.04 Å². The third-order valence-electron chi connectivity index (χ3n) is 5.01. The van der Waals surface area contributed by atoms with Crippen LogP contribution in [-0.4, -0.2) is 31.5 Å². The summed E-state index contributed by atoms with van der Waals surface area (Å²) in [6, 6.07) is 7.49. The second kappa shape index (κ2) is 7.20. The molecular formula is C20H22N6OS. The third-order valence-corrected chi connectivity index (χ3v) is 6.13. The maximum absolute atomic E-state index is 12.6. The second-order valence-electron chi connectivity index (χ2n) is 6.85. The van der Waals surface area contributed by atoms with E-state index in [0.29, 0.717) is 12.4 Å². The summed E-state index contributed by atoms with van der Waals surface area (Å²) in [7, 11) is 1.96. The molecule has 4 rings (SSSR count). The van der Waals surface area contributed by atoms with Crippen LogP contribution in [0.1, 0.15) is 23.2 Å². The molecule has 1 atom stereocenters. The molecule has 0 fully saturated rings. The highest BCUT2D eigenvalue weighted by Crippen LogP contribution is 2.32. The number of benzene rings is 1. The van der Waals surface area contributed by atoms with Gasteiger partial charge in [0, 0.05) is 11.9 Å². The van der Waals surface area contributed by atoms with Crippen molar-refractivity contribution in [3.63, 3.8) is 0 Å². The summed E-state index contributed by atoms with van der Waals surface area (Å²) >= 11 is 1.64. The predicted octanol–water partition coefficient (Wildman–Crippen LogP) is 3.31. The monoisotopic (exact) mass is 394 g/mol. The maximum Gasteiger partial charge on any atom is 0.242 e. The number of amides is 1. The van der Waals surface area contributed by atoms with Crippen LogP contribution in [0.5, 0.6) is 0 Å². The molecule has 4 aromatic rings. The second-order valence-corrected chi connectivity index (χ2v) is 8.05. The molecule has 3 aromatic heterocycles. The topological polar surface area (TPSA) is 84.7 Å². The van der Waals surface area contributed by atoms with Crippen molar-refractivity contribution in [3.05, 3.63) is 46.9 Å². The Labute approximate surface area is 166 Å². The predicted molar refractivity (Wildman–Crippen MR) is 113 cm³/mol. The first-order chi connectivity index (χ1) is 13.5. The SMILES string of the molecule is Cc1sc2ncnc(NC(C)C(=O)NCc3nc4ccccc4n3C)c2c1C.